The third-order valence-corrected chi connectivity index (χ3v) is 2.61. The highest BCUT2D eigenvalue weighted by molar-refractivity contribution is 5.47. The second-order valence-electron chi connectivity index (χ2n) is 4.40. The van der Waals surface area contributed by atoms with Gasteiger partial charge in [0, 0.05) is 40.0 Å². The predicted octanol–water partition coefficient (Wildman–Crippen LogP) is 1.52. The number of methoxy groups -OCH3 is 2. The maximum atomic E-state index is 5.41. The number of nitrogens with zero attached hydrogens (tertiary/aromatic N) is 2. The highest BCUT2D eigenvalue weighted by Crippen LogP contribution is 2.11. The van der Waals surface area contributed by atoms with E-state index in [2.05, 4.69) is 20.6 Å². The molecule has 0 atom stereocenters. The molecule has 0 aliphatic heterocycles. The summed E-state index contributed by atoms with van der Waals surface area (Å²) < 4.78 is 15.4. The third kappa shape index (κ3) is 7.79. The van der Waals surface area contributed by atoms with Crippen LogP contribution in [0.25, 0.3) is 0 Å². The quantitative estimate of drug-likeness (QED) is 0.566. The van der Waals surface area contributed by atoms with Gasteiger partial charge in [-0.15, -0.1) is 0 Å². The minimum Gasteiger partial charge on any atom is -0.382 e. The molecule has 0 unspecified atom stereocenters. The van der Waals surface area contributed by atoms with Gasteiger partial charge in [0.2, 0.25) is 0 Å². The molecule has 1 rings (SSSR count). The first-order chi connectivity index (χ1) is 10.3. The van der Waals surface area contributed by atoms with Gasteiger partial charge in [-0.2, -0.15) is 0 Å². The Morgan fingerprint density at radius 3 is 2.43 bits per heavy atom. The molecule has 0 bridgehead atoms. The van der Waals surface area contributed by atoms with Gasteiger partial charge in [0.15, 0.2) is 5.82 Å². The molecule has 0 radical (unpaired) electrons. The van der Waals surface area contributed by atoms with Crippen LogP contribution in [0.4, 0.5) is 11.6 Å². The van der Waals surface area contributed by atoms with Crippen LogP contribution >= 0.6 is 0 Å². The molecule has 0 fully saturated rings. The lowest BCUT2D eigenvalue weighted by Gasteiger charge is -2.10. The SMILES string of the molecule is CCNc1cc(NCCCOCCOC)nc(COC)n1. The summed E-state index contributed by atoms with van der Waals surface area (Å²) in [6.45, 7) is 6.00. The van der Waals surface area contributed by atoms with E-state index in [0.29, 0.717) is 32.3 Å². The molecule has 0 aliphatic rings. The van der Waals surface area contributed by atoms with Crippen molar-refractivity contribution in [3.63, 3.8) is 0 Å². The van der Waals surface area contributed by atoms with Crippen LogP contribution < -0.4 is 10.6 Å². The van der Waals surface area contributed by atoms with E-state index in [9.17, 15) is 0 Å². The summed E-state index contributed by atoms with van der Waals surface area (Å²) in [5, 5.41) is 6.46. The average Bonchev–Trinajstić information content (AvgIpc) is 2.47. The molecule has 1 aromatic heterocycles. The number of hydrogen-bond acceptors (Lipinski definition) is 7. The number of anilines is 2. The molecular weight excluding hydrogens is 272 g/mol. The van der Waals surface area contributed by atoms with E-state index < -0.39 is 0 Å². The summed E-state index contributed by atoms with van der Waals surface area (Å²) in [6.07, 6.45) is 0.907. The number of nitrogens with one attached hydrogen (secondary N) is 2. The molecule has 0 saturated carbocycles. The molecule has 1 aromatic rings. The zero-order chi connectivity index (χ0) is 15.3. The molecule has 0 aliphatic carbocycles. The third-order valence-electron chi connectivity index (χ3n) is 2.61. The van der Waals surface area contributed by atoms with Crippen molar-refractivity contribution in [1.82, 2.24) is 9.97 Å². The fourth-order valence-electron chi connectivity index (χ4n) is 1.69. The Bertz CT molecular complexity index is 366. The second kappa shape index (κ2) is 11.2. The normalized spacial score (nSPS) is 10.6. The van der Waals surface area contributed by atoms with Gasteiger partial charge in [-0.1, -0.05) is 0 Å². The van der Waals surface area contributed by atoms with Crippen molar-refractivity contribution >= 4 is 11.6 Å². The largest absolute Gasteiger partial charge is 0.382 e. The first-order valence-corrected chi connectivity index (χ1v) is 7.21. The Kier molecular flexibility index (Phi) is 9.43. The minimum atomic E-state index is 0.397. The van der Waals surface area contributed by atoms with E-state index >= 15 is 0 Å². The number of aromatic nitrogens is 2. The number of ether oxygens (including phenoxy) is 3. The molecule has 0 spiro atoms. The summed E-state index contributed by atoms with van der Waals surface area (Å²) in [7, 11) is 3.30. The fourth-order valence-corrected chi connectivity index (χ4v) is 1.69. The van der Waals surface area contributed by atoms with E-state index in [4.69, 9.17) is 14.2 Å². The Balaban J connectivity index is 2.38. The van der Waals surface area contributed by atoms with Crippen molar-refractivity contribution in [3.05, 3.63) is 11.9 Å². The summed E-state index contributed by atoms with van der Waals surface area (Å²) in [6, 6.07) is 1.90. The molecule has 7 heteroatoms. The Labute approximate surface area is 126 Å². The Morgan fingerprint density at radius 2 is 1.76 bits per heavy atom. The molecule has 0 saturated heterocycles. The van der Waals surface area contributed by atoms with Crippen molar-refractivity contribution in [2.45, 2.75) is 20.0 Å². The van der Waals surface area contributed by atoms with Crippen LogP contribution in [0.3, 0.4) is 0 Å². The van der Waals surface area contributed by atoms with Crippen LogP contribution in [-0.2, 0) is 20.8 Å². The van der Waals surface area contributed by atoms with Crippen LogP contribution in [0, 0.1) is 0 Å². The van der Waals surface area contributed by atoms with Gasteiger partial charge in [-0.25, -0.2) is 9.97 Å². The summed E-state index contributed by atoms with van der Waals surface area (Å²) >= 11 is 0. The van der Waals surface area contributed by atoms with Crippen molar-refractivity contribution < 1.29 is 14.2 Å². The first-order valence-electron chi connectivity index (χ1n) is 7.21. The van der Waals surface area contributed by atoms with Gasteiger partial charge in [0.25, 0.3) is 0 Å². The zero-order valence-electron chi connectivity index (χ0n) is 13.1. The monoisotopic (exact) mass is 298 g/mol. The van der Waals surface area contributed by atoms with E-state index in [-0.39, 0.29) is 0 Å². The number of rotatable bonds is 12. The minimum absolute atomic E-state index is 0.397. The molecule has 0 amide bonds. The number of hydrogen-bond donors (Lipinski definition) is 2. The second-order valence-corrected chi connectivity index (χ2v) is 4.40. The van der Waals surface area contributed by atoms with Gasteiger partial charge in [0.05, 0.1) is 13.2 Å². The van der Waals surface area contributed by atoms with Crippen molar-refractivity contribution in [2.75, 3.05) is 57.8 Å². The lowest BCUT2D eigenvalue weighted by molar-refractivity contribution is 0.0705. The van der Waals surface area contributed by atoms with E-state index in [1.54, 1.807) is 14.2 Å². The van der Waals surface area contributed by atoms with Crippen molar-refractivity contribution in [3.8, 4) is 0 Å². The molecule has 120 valence electrons. The highest BCUT2D eigenvalue weighted by Gasteiger charge is 2.04. The predicted molar refractivity (Wildman–Crippen MR) is 82.7 cm³/mol. The van der Waals surface area contributed by atoms with Crippen LogP contribution in [0.5, 0.6) is 0 Å². The van der Waals surface area contributed by atoms with Crippen molar-refractivity contribution in [2.24, 2.45) is 0 Å². The Hall–Kier alpha value is -1.44. The van der Waals surface area contributed by atoms with Crippen LogP contribution in [-0.4, -0.2) is 57.1 Å². The standard InChI is InChI=1S/C14H26N4O3/c1-4-15-12-10-13(18-14(17-12)11-20-3)16-6-5-7-21-9-8-19-2/h10H,4-9,11H2,1-3H3,(H2,15,16,17,18). The fraction of sp³-hybridized carbons (Fsp3) is 0.714. The molecular formula is C14H26N4O3. The van der Waals surface area contributed by atoms with Crippen LogP contribution in [0.2, 0.25) is 0 Å². The van der Waals surface area contributed by atoms with Crippen LogP contribution in [0.1, 0.15) is 19.2 Å². The Morgan fingerprint density at radius 1 is 1.00 bits per heavy atom. The molecule has 1 heterocycles. The summed E-state index contributed by atoms with van der Waals surface area (Å²) in [5.41, 5.74) is 0. The van der Waals surface area contributed by atoms with Gasteiger partial charge in [0.1, 0.15) is 18.2 Å². The van der Waals surface area contributed by atoms with Gasteiger partial charge in [-0.3, -0.25) is 0 Å². The molecule has 7 nitrogen and oxygen atoms in total. The smallest absolute Gasteiger partial charge is 0.158 e. The average molecular weight is 298 g/mol. The zero-order valence-corrected chi connectivity index (χ0v) is 13.1. The van der Waals surface area contributed by atoms with Gasteiger partial charge in [-0.05, 0) is 13.3 Å². The van der Waals surface area contributed by atoms with E-state index in [1.807, 2.05) is 13.0 Å². The summed E-state index contributed by atoms with van der Waals surface area (Å²) in [4.78, 5) is 8.77. The lowest BCUT2D eigenvalue weighted by Crippen LogP contribution is -2.11. The van der Waals surface area contributed by atoms with Crippen molar-refractivity contribution in [1.29, 1.82) is 0 Å². The van der Waals surface area contributed by atoms with E-state index in [0.717, 1.165) is 31.1 Å². The van der Waals surface area contributed by atoms with Crippen LogP contribution in [0.15, 0.2) is 6.07 Å². The van der Waals surface area contributed by atoms with Gasteiger partial charge < -0.3 is 24.8 Å². The maximum Gasteiger partial charge on any atom is 0.158 e. The lowest BCUT2D eigenvalue weighted by atomic mass is 10.4. The molecule has 2 N–H and O–H groups in total. The van der Waals surface area contributed by atoms with Gasteiger partial charge >= 0.3 is 0 Å². The van der Waals surface area contributed by atoms with E-state index in [1.165, 1.54) is 0 Å². The molecule has 0 aromatic carbocycles. The molecule has 21 heavy (non-hydrogen) atoms. The summed E-state index contributed by atoms with van der Waals surface area (Å²) in [5.74, 6) is 2.26. The maximum absolute atomic E-state index is 5.41. The highest BCUT2D eigenvalue weighted by atomic mass is 16.5. The topological polar surface area (TPSA) is 77.5 Å². The first kappa shape index (κ1) is 17.6.